The number of hydrogen-bond donors (Lipinski definition) is 1. The van der Waals surface area contributed by atoms with Crippen LogP contribution in [-0.2, 0) is 6.54 Å². The smallest absolute Gasteiger partial charge is 0.0715 e. The standard InChI is InChI=1S/C20H22ClN3O/c21-17-1-3-18(4-2-17)24-13-16(19-5-8-22-11-20(19)24)12-23-9-6-15(14-25)7-10-23/h1-5,8,11,13,15,25H,6-7,9-10,12,14H2. The minimum absolute atomic E-state index is 0.315. The number of fused-ring (bicyclic) bond motifs is 1. The van der Waals surface area contributed by atoms with Crippen LogP contribution in [0.15, 0.2) is 48.9 Å². The minimum Gasteiger partial charge on any atom is -0.396 e. The van der Waals surface area contributed by atoms with Gasteiger partial charge in [0.25, 0.3) is 0 Å². The van der Waals surface area contributed by atoms with Gasteiger partial charge in [-0.1, -0.05) is 11.6 Å². The highest BCUT2D eigenvalue weighted by Gasteiger charge is 2.20. The van der Waals surface area contributed by atoms with E-state index in [4.69, 9.17) is 11.6 Å². The van der Waals surface area contributed by atoms with Crippen molar-refractivity contribution in [2.24, 2.45) is 5.92 Å². The van der Waals surface area contributed by atoms with Crippen LogP contribution in [0.4, 0.5) is 0 Å². The van der Waals surface area contributed by atoms with E-state index in [1.165, 1.54) is 10.9 Å². The maximum Gasteiger partial charge on any atom is 0.0715 e. The van der Waals surface area contributed by atoms with Crippen LogP contribution in [0.2, 0.25) is 5.02 Å². The fourth-order valence-corrected chi connectivity index (χ4v) is 3.78. The highest BCUT2D eigenvalue weighted by Crippen LogP contribution is 2.27. The number of aromatic nitrogens is 2. The van der Waals surface area contributed by atoms with Crippen LogP contribution >= 0.6 is 11.6 Å². The average Bonchev–Trinajstić information content (AvgIpc) is 3.02. The van der Waals surface area contributed by atoms with Crippen molar-refractivity contribution in [3.63, 3.8) is 0 Å². The van der Waals surface area contributed by atoms with E-state index in [9.17, 15) is 5.11 Å². The quantitative estimate of drug-likeness (QED) is 0.772. The SMILES string of the molecule is OCC1CCN(Cc2cn(-c3ccc(Cl)cc3)c3cnccc23)CC1. The van der Waals surface area contributed by atoms with Crippen LogP contribution in [0.5, 0.6) is 0 Å². The fourth-order valence-electron chi connectivity index (χ4n) is 3.65. The summed E-state index contributed by atoms with van der Waals surface area (Å²) in [6.45, 7) is 3.34. The zero-order valence-corrected chi connectivity index (χ0v) is 14.9. The molecule has 1 aliphatic heterocycles. The molecule has 1 aliphatic rings. The van der Waals surface area contributed by atoms with Crippen molar-refractivity contribution in [1.82, 2.24) is 14.5 Å². The summed E-state index contributed by atoms with van der Waals surface area (Å²) >= 11 is 6.03. The normalized spacial score (nSPS) is 16.6. The lowest BCUT2D eigenvalue weighted by Gasteiger charge is -2.30. The summed E-state index contributed by atoms with van der Waals surface area (Å²) in [5, 5.41) is 11.3. The zero-order chi connectivity index (χ0) is 17.2. The Hall–Kier alpha value is -1.88. The van der Waals surface area contributed by atoms with Crippen LogP contribution in [-0.4, -0.2) is 39.3 Å². The van der Waals surface area contributed by atoms with Gasteiger partial charge in [-0.3, -0.25) is 9.88 Å². The van der Waals surface area contributed by atoms with Gasteiger partial charge in [0, 0.05) is 41.6 Å². The Kier molecular flexibility index (Phi) is 4.75. The van der Waals surface area contributed by atoms with Gasteiger partial charge in [0.2, 0.25) is 0 Å². The molecule has 4 rings (SSSR count). The number of pyridine rings is 1. The lowest BCUT2D eigenvalue weighted by atomic mass is 9.97. The number of hydrogen-bond acceptors (Lipinski definition) is 3. The predicted octanol–water partition coefficient (Wildman–Crippen LogP) is 3.88. The van der Waals surface area contributed by atoms with E-state index in [-0.39, 0.29) is 0 Å². The van der Waals surface area contributed by atoms with E-state index >= 15 is 0 Å². The monoisotopic (exact) mass is 355 g/mol. The van der Waals surface area contributed by atoms with Crippen molar-refractivity contribution in [3.8, 4) is 5.69 Å². The van der Waals surface area contributed by atoms with Gasteiger partial charge < -0.3 is 9.67 Å². The third-order valence-corrected chi connectivity index (χ3v) is 5.41. The molecular formula is C20H22ClN3O. The molecule has 3 heterocycles. The molecule has 25 heavy (non-hydrogen) atoms. The molecular weight excluding hydrogens is 334 g/mol. The van der Waals surface area contributed by atoms with Gasteiger partial charge in [0.05, 0.1) is 11.7 Å². The lowest BCUT2D eigenvalue weighted by Crippen LogP contribution is -2.34. The number of likely N-dealkylation sites (tertiary alicyclic amines) is 1. The Labute approximate surface area is 152 Å². The second-order valence-electron chi connectivity index (χ2n) is 6.80. The molecule has 0 radical (unpaired) electrons. The molecule has 1 fully saturated rings. The van der Waals surface area contributed by atoms with Crippen LogP contribution in [0, 0.1) is 5.92 Å². The highest BCUT2D eigenvalue weighted by molar-refractivity contribution is 6.30. The second kappa shape index (κ2) is 7.16. The number of aliphatic hydroxyl groups excluding tert-OH is 1. The molecule has 0 spiro atoms. The Balaban J connectivity index is 1.65. The van der Waals surface area contributed by atoms with E-state index in [1.54, 1.807) is 0 Å². The van der Waals surface area contributed by atoms with Gasteiger partial charge in [-0.2, -0.15) is 0 Å². The number of rotatable bonds is 4. The van der Waals surface area contributed by atoms with Crippen LogP contribution < -0.4 is 0 Å². The molecule has 0 aliphatic carbocycles. The summed E-state index contributed by atoms with van der Waals surface area (Å²) in [6.07, 6.45) is 8.15. The Bertz CT molecular complexity index is 851. The third-order valence-electron chi connectivity index (χ3n) is 5.15. The average molecular weight is 356 g/mol. The number of benzene rings is 1. The van der Waals surface area contributed by atoms with E-state index in [2.05, 4.69) is 26.7 Å². The van der Waals surface area contributed by atoms with Gasteiger partial charge in [-0.15, -0.1) is 0 Å². The van der Waals surface area contributed by atoms with Gasteiger partial charge in [-0.25, -0.2) is 0 Å². The van der Waals surface area contributed by atoms with Crippen LogP contribution in [0.1, 0.15) is 18.4 Å². The van der Waals surface area contributed by atoms with Crippen molar-refractivity contribution in [2.75, 3.05) is 19.7 Å². The van der Waals surface area contributed by atoms with Crippen molar-refractivity contribution >= 4 is 22.5 Å². The summed E-state index contributed by atoms with van der Waals surface area (Å²) in [5.74, 6) is 0.468. The summed E-state index contributed by atoms with van der Waals surface area (Å²) in [6, 6.07) is 9.99. The number of halogens is 1. The summed E-state index contributed by atoms with van der Waals surface area (Å²) < 4.78 is 2.19. The molecule has 2 aromatic heterocycles. The highest BCUT2D eigenvalue weighted by atomic mass is 35.5. The fraction of sp³-hybridized carbons (Fsp3) is 0.350. The van der Waals surface area contributed by atoms with Crippen molar-refractivity contribution in [2.45, 2.75) is 19.4 Å². The molecule has 1 N–H and O–H groups in total. The van der Waals surface area contributed by atoms with Gasteiger partial charge in [-0.05, 0) is 67.7 Å². The summed E-state index contributed by atoms with van der Waals surface area (Å²) in [7, 11) is 0. The molecule has 0 amide bonds. The maximum absolute atomic E-state index is 9.32. The molecule has 5 heteroatoms. The molecule has 0 unspecified atom stereocenters. The number of nitrogens with zero attached hydrogens (tertiary/aromatic N) is 3. The first-order chi connectivity index (χ1) is 12.2. The largest absolute Gasteiger partial charge is 0.396 e. The van der Waals surface area contributed by atoms with Gasteiger partial charge in [0.1, 0.15) is 0 Å². The molecule has 3 aromatic rings. The molecule has 0 bridgehead atoms. The van der Waals surface area contributed by atoms with Crippen molar-refractivity contribution < 1.29 is 5.11 Å². The van der Waals surface area contributed by atoms with E-state index in [0.29, 0.717) is 12.5 Å². The topological polar surface area (TPSA) is 41.3 Å². The summed E-state index contributed by atoms with van der Waals surface area (Å²) in [4.78, 5) is 6.79. The molecule has 4 nitrogen and oxygen atoms in total. The first kappa shape index (κ1) is 16.6. The lowest BCUT2D eigenvalue weighted by molar-refractivity contribution is 0.127. The first-order valence-electron chi connectivity index (χ1n) is 8.77. The first-order valence-corrected chi connectivity index (χ1v) is 9.15. The van der Waals surface area contributed by atoms with Crippen LogP contribution in [0.3, 0.4) is 0 Å². The van der Waals surface area contributed by atoms with E-state index in [1.807, 2.05) is 36.7 Å². The van der Waals surface area contributed by atoms with Gasteiger partial charge in [0.15, 0.2) is 0 Å². The van der Waals surface area contributed by atoms with Gasteiger partial charge >= 0.3 is 0 Å². The molecule has 130 valence electrons. The predicted molar refractivity (Wildman–Crippen MR) is 101 cm³/mol. The zero-order valence-electron chi connectivity index (χ0n) is 14.1. The van der Waals surface area contributed by atoms with Crippen molar-refractivity contribution in [3.05, 3.63) is 59.5 Å². The Morgan fingerprint density at radius 1 is 1.12 bits per heavy atom. The van der Waals surface area contributed by atoms with E-state index in [0.717, 1.165) is 48.7 Å². The molecule has 1 aromatic carbocycles. The third kappa shape index (κ3) is 3.43. The Morgan fingerprint density at radius 3 is 2.60 bits per heavy atom. The summed E-state index contributed by atoms with van der Waals surface area (Å²) in [5.41, 5.74) is 3.52. The second-order valence-corrected chi connectivity index (χ2v) is 7.23. The molecule has 1 saturated heterocycles. The van der Waals surface area contributed by atoms with Crippen LogP contribution in [0.25, 0.3) is 16.6 Å². The molecule has 0 atom stereocenters. The van der Waals surface area contributed by atoms with E-state index < -0.39 is 0 Å². The maximum atomic E-state index is 9.32. The number of piperidine rings is 1. The number of aliphatic hydroxyl groups is 1. The van der Waals surface area contributed by atoms with Crippen molar-refractivity contribution in [1.29, 1.82) is 0 Å². The Morgan fingerprint density at radius 2 is 1.88 bits per heavy atom. The minimum atomic E-state index is 0.315. The molecule has 0 saturated carbocycles.